The maximum Gasteiger partial charge on any atom is 0.124 e. The van der Waals surface area contributed by atoms with Gasteiger partial charge in [0.1, 0.15) is 5.75 Å². The monoisotopic (exact) mass is 321 g/mol. The first-order valence-corrected chi connectivity index (χ1v) is 6.73. The molecule has 0 amide bonds. The highest BCUT2D eigenvalue weighted by Crippen LogP contribution is 2.22. The Bertz CT molecular complexity index is 540. The van der Waals surface area contributed by atoms with E-state index in [1.165, 1.54) is 0 Å². The summed E-state index contributed by atoms with van der Waals surface area (Å²) in [5, 5.41) is 0. The van der Waals surface area contributed by atoms with E-state index >= 15 is 0 Å². The fourth-order valence-corrected chi connectivity index (χ4v) is 2.04. The van der Waals surface area contributed by atoms with Gasteiger partial charge in [-0.25, -0.2) is 0 Å². The van der Waals surface area contributed by atoms with E-state index in [-0.39, 0.29) is 0 Å². The molecule has 2 N–H and O–H groups in total. The number of nitrogens with two attached hydrogens (primary N) is 1. The summed E-state index contributed by atoms with van der Waals surface area (Å²) in [7, 11) is 1.64. The van der Waals surface area contributed by atoms with E-state index in [2.05, 4.69) is 15.9 Å². The number of rotatable bonds is 5. The van der Waals surface area contributed by atoms with Gasteiger partial charge in [0.25, 0.3) is 0 Å². The Balaban J connectivity index is 1.95. The third-order valence-electron chi connectivity index (χ3n) is 2.74. The van der Waals surface area contributed by atoms with Crippen LogP contribution < -0.4 is 10.5 Å². The molecule has 4 heteroatoms. The van der Waals surface area contributed by atoms with Gasteiger partial charge in [-0.2, -0.15) is 0 Å². The van der Waals surface area contributed by atoms with Gasteiger partial charge in [0, 0.05) is 15.7 Å². The molecule has 0 radical (unpaired) electrons. The molecular formula is C15H16BrNO2. The molecule has 0 bridgehead atoms. The van der Waals surface area contributed by atoms with E-state index in [4.69, 9.17) is 15.2 Å². The van der Waals surface area contributed by atoms with Crippen LogP contribution in [0, 0.1) is 0 Å². The number of ether oxygens (including phenoxy) is 2. The summed E-state index contributed by atoms with van der Waals surface area (Å²) in [4.78, 5) is 0. The Kier molecular flexibility index (Phi) is 4.82. The van der Waals surface area contributed by atoms with Gasteiger partial charge in [-0.3, -0.25) is 0 Å². The fraction of sp³-hybridized carbons (Fsp3) is 0.200. The first kappa shape index (κ1) is 13.9. The average molecular weight is 322 g/mol. The molecule has 2 rings (SSSR count). The number of methoxy groups -OCH3 is 1. The van der Waals surface area contributed by atoms with Crippen molar-refractivity contribution in [1.82, 2.24) is 0 Å². The van der Waals surface area contributed by atoms with Crippen molar-refractivity contribution in [3.8, 4) is 5.75 Å². The van der Waals surface area contributed by atoms with Crippen molar-refractivity contribution < 1.29 is 9.47 Å². The summed E-state index contributed by atoms with van der Waals surface area (Å²) >= 11 is 3.41. The Morgan fingerprint density at radius 3 is 2.47 bits per heavy atom. The lowest BCUT2D eigenvalue weighted by Gasteiger charge is -2.10. The normalized spacial score (nSPS) is 10.4. The van der Waals surface area contributed by atoms with Crippen molar-refractivity contribution in [3.63, 3.8) is 0 Å². The molecule has 0 saturated carbocycles. The molecular weight excluding hydrogens is 306 g/mol. The van der Waals surface area contributed by atoms with Crippen molar-refractivity contribution in [3.05, 3.63) is 58.1 Å². The van der Waals surface area contributed by atoms with Crippen LogP contribution in [0.2, 0.25) is 0 Å². The zero-order valence-corrected chi connectivity index (χ0v) is 12.3. The summed E-state index contributed by atoms with van der Waals surface area (Å²) in [6.07, 6.45) is 0. The molecule has 0 aliphatic rings. The van der Waals surface area contributed by atoms with Gasteiger partial charge in [0.05, 0.1) is 20.3 Å². The van der Waals surface area contributed by atoms with Gasteiger partial charge in [0.2, 0.25) is 0 Å². The average Bonchev–Trinajstić information content (AvgIpc) is 2.41. The fourth-order valence-electron chi connectivity index (χ4n) is 1.77. The lowest BCUT2D eigenvalue weighted by atomic mass is 10.2. The first-order valence-electron chi connectivity index (χ1n) is 5.93. The quantitative estimate of drug-likeness (QED) is 0.853. The molecule has 0 spiro atoms. The highest BCUT2D eigenvalue weighted by molar-refractivity contribution is 9.10. The molecule has 19 heavy (non-hydrogen) atoms. The van der Waals surface area contributed by atoms with Crippen LogP contribution in [0.15, 0.2) is 46.9 Å². The Morgan fingerprint density at radius 1 is 1.05 bits per heavy atom. The van der Waals surface area contributed by atoms with Crippen LogP contribution in [0.5, 0.6) is 5.75 Å². The van der Waals surface area contributed by atoms with Gasteiger partial charge < -0.3 is 15.2 Å². The Morgan fingerprint density at radius 2 is 1.79 bits per heavy atom. The Labute approximate surface area is 121 Å². The van der Waals surface area contributed by atoms with E-state index in [0.717, 1.165) is 21.3 Å². The third kappa shape index (κ3) is 3.98. The number of anilines is 1. The van der Waals surface area contributed by atoms with E-state index in [1.807, 2.05) is 42.5 Å². The number of hydrogen-bond acceptors (Lipinski definition) is 3. The molecule has 2 aromatic rings. The van der Waals surface area contributed by atoms with Gasteiger partial charge in [-0.1, -0.05) is 28.1 Å². The van der Waals surface area contributed by atoms with Gasteiger partial charge >= 0.3 is 0 Å². The molecule has 0 unspecified atom stereocenters. The van der Waals surface area contributed by atoms with E-state index in [1.54, 1.807) is 7.11 Å². The largest absolute Gasteiger partial charge is 0.496 e. The van der Waals surface area contributed by atoms with Crippen molar-refractivity contribution >= 4 is 21.6 Å². The van der Waals surface area contributed by atoms with Crippen LogP contribution in [-0.2, 0) is 18.0 Å². The maximum atomic E-state index is 5.77. The van der Waals surface area contributed by atoms with Crippen LogP contribution in [0.3, 0.4) is 0 Å². The van der Waals surface area contributed by atoms with E-state index < -0.39 is 0 Å². The molecule has 0 saturated heterocycles. The molecule has 0 aliphatic heterocycles. The molecule has 0 fully saturated rings. The second-order valence-corrected chi connectivity index (χ2v) is 5.11. The van der Waals surface area contributed by atoms with Crippen molar-refractivity contribution in [2.45, 2.75) is 13.2 Å². The van der Waals surface area contributed by atoms with Gasteiger partial charge in [0.15, 0.2) is 0 Å². The standard InChI is InChI=1S/C15H16BrNO2/c1-18-15-7-6-14(17)8-12(15)10-19-9-11-2-4-13(16)5-3-11/h2-8H,9-10,17H2,1H3. The number of benzene rings is 2. The summed E-state index contributed by atoms with van der Waals surface area (Å²) in [6.45, 7) is 1.04. The predicted molar refractivity (Wildman–Crippen MR) is 80.0 cm³/mol. The zero-order valence-electron chi connectivity index (χ0n) is 10.7. The number of nitrogen functional groups attached to an aromatic ring is 1. The van der Waals surface area contributed by atoms with Crippen LogP contribution in [0.25, 0.3) is 0 Å². The minimum absolute atomic E-state index is 0.476. The Hall–Kier alpha value is -1.52. The minimum atomic E-state index is 0.476. The minimum Gasteiger partial charge on any atom is -0.496 e. The molecule has 0 aromatic heterocycles. The topological polar surface area (TPSA) is 44.5 Å². The molecule has 3 nitrogen and oxygen atoms in total. The predicted octanol–water partition coefficient (Wildman–Crippen LogP) is 3.76. The third-order valence-corrected chi connectivity index (χ3v) is 3.27. The smallest absolute Gasteiger partial charge is 0.124 e. The van der Waals surface area contributed by atoms with Crippen LogP contribution in [0.4, 0.5) is 5.69 Å². The van der Waals surface area contributed by atoms with Crippen molar-refractivity contribution in [2.75, 3.05) is 12.8 Å². The lowest BCUT2D eigenvalue weighted by molar-refractivity contribution is 0.105. The van der Waals surface area contributed by atoms with Gasteiger partial charge in [-0.05, 0) is 35.9 Å². The highest BCUT2D eigenvalue weighted by Gasteiger charge is 2.04. The van der Waals surface area contributed by atoms with Crippen LogP contribution >= 0.6 is 15.9 Å². The van der Waals surface area contributed by atoms with E-state index in [0.29, 0.717) is 18.9 Å². The molecule has 0 aliphatic carbocycles. The summed E-state index contributed by atoms with van der Waals surface area (Å²) in [6, 6.07) is 13.6. The maximum absolute atomic E-state index is 5.77. The summed E-state index contributed by atoms with van der Waals surface area (Å²) < 4.78 is 12.0. The van der Waals surface area contributed by atoms with E-state index in [9.17, 15) is 0 Å². The lowest BCUT2D eigenvalue weighted by Crippen LogP contribution is -1.98. The second-order valence-electron chi connectivity index (χ2n) is 4.19. The van der Waals surface area contributed by atoms with Crippen LogP contribution in [0.1, 0.15) is 11.1 Å². The number of hydrogen-bond donors (Lipinski definition) is 1. The van der Waals surface area contributed by atoms with Crippen molar-refractivity contribution in [1.29, 1.82) is 0 Å². The SMILES string of the molecule is COc1ccc(N)cc1COCc1ccc(Br)cc1. The van der Waals surface area contributed by atoms with Gasteiger partial charge in [-0.15, -0.1) is 0 Å². The summed E-state index contributed by atoms with van der Waals surface area (Å²) in [5.41, 5.74) is 8.57. The first-order chi connectivity index (χ1) is 9.19. The second kappa shape index (κ2) is 6.59. The van der Waals surface area contributed by atoms with Crippen molar-refractivity contribution in [2.24, 2.45) is 0 Å². The van der Waals surface area contributed by atoms with Crippen LogP contribution in [-0.4, -0.2) is 7.11 Å². The molecule has 2 aromatic carbocycles. The zero-order chi connectivity index (χ0) is 13.7. The highest BCUT2D eigenvalue weighted by atomic mass is 79.9. The number of halogens is 1. The molecule has 0 atom stereocenters. The molecule has 100 valence electrons. The molecule has 0 heterocycles. The summed E-state index contributed by atoms with van der Waals surface area (Å²) in [5.74, 6) is 0.796.